The zero-order chi connectivity index (χ0) is 19.1. The van der Waals surface area contributed by atoms with E-state index >= 15 is 0 Å². The molecule has 1 heterocycles. The number of aromatic nitrogens is 3. The van der Waals surface area contributed by atoms with Gasteiger partial charge in [-0.25, -0.2) is 0 Å². The van der Waals surface area contributed by atoms with Gasteiger partial charge in [-0.05, 0) is 43.8 Å². The summed E-state index contributed by atoms with van der Waals surface area (Å²) in [5.41, 5.74) is 1.48. The fraction of sp³-hybridized carbons (Fsp3) is 0.353. The molecule has 0 aliphatic rings. The van der Waals surface area contributed by atoms with E-state index in [0.717, 1.165) is 29.0 Å². The van der Waals surface area contributed by atoms with Crippen molar-refractivity contribution in [1.29, 1.82) is 0 Å². The van der Waals surface area contributed by atoms with Crippen LogP contribution in [0.15, 0.2) is 34.2 Å². The molecule has 0 unspecified atom stereocenters. The molecule has 8 nitrogen and oxygen atoms in total. The average molecular weight is 375 g/mol. The van der Waals surface area contributed by atoms with Gasteiger partial charge in [-0.2, -0.15) is 14.9 Å². The third-order valence-electron chi connectivity index (χ3n) is 3.84. The molecule has 0 spiro atoms. The first-order chi connectivity index (χ1) is 12.5. The maximum absolute atomic E-state index is 12.3. The summed E-state index contributed by atoms with van der Waals surface area (Å²) in [5.74, 6) is -1.00. The largest absolute Gasteiger partial charge is 0.481 e. The summed E-state index contributed by atoms with van der Waals surface area (Å²) in [4.78, 5) is 25.2. The van der Waals surface area contributed by atoms with Gasteiger partial charge >= 0.3 is 5.97 Å². The minimum absolute atomic E-state index is 0.00830. The van der Waals surface area contributed by atoms with E-state index in [-0.39, 0.29) is 23.3 Å². The van der Waals surface area contributed by atoms with Crippen LogP contribution in [-0.4, -0.2) is 45.3 Å². The number of aryl methyl sites for hydroxylation is 1. The quantitative estimate of drug-likeness (QED) is 0.541. The van der Waals surface area contributed by atoms with E-state index in [2.05, 4.69) is 34.0 Å². The van der Waals surface area contributed by atoms with Gasteiger partial charge in [-0.15, -0.1) is 0 Å². The minimum Gasteiger partial charge on any atom is -0.481 e. The molecule has 1 aromatic heterocycles. The third-order valence-corrected chi connectivity index (χ3v) is 4.10. The van der Waals surface area contributed by atoms with Crippen molar-refractivity contribution in [3.63, 3.8) is 0 Å². The Morgan fingerprint density at radius 3 is 2.58 bits per heavy atom. The van der Waals surface area contributed by atoms with E-state index in [0.29, 0.717) is 0 Å². The molecule has 0 saturated heterocycles. The molecule has 9 heteroatoms. The van der Waals surface area contributed by atoms with E-state index in [4.69, 9.17) is 17.3 Å². The molecule has 2 aromatic rings. The van der Waals surface area contributed by atoms with Crippen LogP contribution in [0.25, 0.3) is 0 Å². The first kappa shape index (κ1) is 19.5. The Hall–Kier alpha value is -2.81. The predicted octanol–water partition coefficient (Wildman–Crippen LogP) is 2.05. The lowest BCUT2D eigenvalue weighted by Crippen LogP contribution is -2.25. The highest BCUT2D eigenvalue weighted by molar-refractivity contribution is 7.71. The molecule has 138 valence electrons. The first-order valence-electron chi connectivity index (χ1n) is 8.28. The van der Waals surface area contributed by atoms with Crippen molar-refractivity contribution < 1.29 is 9.90 Å². The highest BCUT2D eigenvalue weighted by Crippen LogP contribution is 2.14. The van der Waals surface area contributed by atoms with Crippen molar-refractivity contribution in [3.8, 4) is 0 Å². The molecule has 1 aromatic carbocycles. The fourth-order valence-electron chi connectivity index (χ4n) is 2.40. The zero-order valence-electron chi connectivity index (χ0n) is 14.7. The molecule has 0 saturated carbocycles. The van der Waals surface area contributed by atoms with Gasteiger partial charge in [0.05, 0.1) is 12.6 Å². The molecule has 0 amide bonds. The summed E-state index contributed by atoms with van der Waals surface area (Å²) in [6.07, 6.45) is 1.34. The number of carboxylic acids is 1. The summed E-state index contributed by atoms with van der Waals surface area (Å²) in [6, 6.07) is 7.79. The Labute approximate surface area is 155 Å². The van der Waals surface area contributed by atoms with Crippen LogP contribution in [0.1, 0.15) is 31.5 Å². The number of carbonyl (C=O) groups is 1. The van der Waals surface area contributed by atoms with E-state index in [1.807, 2.05) is 24.3 Å². The number of carboxylic acid groups (broad SMARTS) is 1. The zero-order valence-corrected chi connectivity index (χ0v) is 15.5. The Morgan fingerprint density at radius 2 is 2.00 bits per heavy atom. The maximum Gasteiger partial charge on any atom is 0.303 e. The van der Waals surface area contributed by atoms with Crippen LogP contribution in [0.5, 0.6) is 0 Å². The Kier molecular flexibility index (Phi) is 6.79. The summed E-state index contributed by atoms with van der Waals surface area (Å²) >= 11 is 5.04. The monoisotopic (exact) mass is 375 g/mol. The second-order valence-corrected chi connectivity index (χ2v) is 5.88. The van der Waals surface area contributed by atoms with Crippen LogP contribution in [0.2, 0.25) is 0 Å². The minimum atomic E-state index is -1.00. The molecule has 0 fully saturated rings. The Balaban J connectivity index is 2.24. The van der Waals surface area contributed by atoms with Crippen LogP contribution in [0.4, 0.5) is 5.69 Å². The number of benzene rings is 1. The molecule has 26 heavy (non-hydrogen) atoms. The second kappa shape index (κ2) is 9.04. The number of aromatic amines is 1. The Bertz CT molecular complexity index is 898. The number of nitrogens with zero attached hydrogens (tertiary/aromatic N) is 4. The van der Waals surface area contributed by atoms with Crippen molar-refractivity contribution in [2.45, 2.75) is 26.7 Å². The number of H-pyrrole nitrogens is 1. The second-order valence-electron chi connectivity index (χ2n) is 5.49. The van der Waals surface area contributed by atoms with Crippen molar-refractivity contribution >= 4 is 30.1 Å². The van der Waals surface area contributed by atoms with Gasteiger partial charge in [0.1, 0.15) is 5.69 Å². The molecular weight excluding hydrogens is 354 g/mol. The number of anilines is 1. The highest BCUT2D eigenvalue weighted by Gasteiger charge is 2.09. The number of nitrogens with one attached hydrogen (secondary N) is 1. The van der Waals surface area contributed by atoms with Gasteiger partial charge in [0, 0.05) is 25.2 Å². The smallest absolute Gasteiger partial charge is 0.303 e. The molecule has 0 atom stereocenters. The summed E-state index contributed by atoms with van der Waals surface area (Å²) in [6.45, 7) is 6.03. The number of hydrogen-bond acceptors (Lipinski definition) is 6. The fourth-order valence-corrected chi connectivity index (χ4v) is 2.58. The van der Waals surface area contributed by atoms with Crippen LogP contribution in [0.3, 0.4) is 0 Å². The SMILES string of the molecule is CCN(CC)c1ccc(/C=N\n2c(=S)[nH]nc(CCC(=O)O)c2=O)cc1. The molecule has 2 rings (SSSR count). The van der Waals surface area contributed by atoms with E-state index in [1.54, 1.807) is 0 Å². The van der Waals surface area contributed by atoms with Crippen LogP contribution in [-0.2, 0) is 11.2 Å². The standard InChI is InChI=1S/C17H21N5O3S/c1-3-21(4-2)13-7-5-12(6-8-13)11-18-22-16(25)14(9-10-15(23)24)19-20-17(22)26/h5-8,11H,3-4,9-10H2,1-2H3,(H,20,26)(H,23,24)/b18-11-. The van der Waals surface area contributed by atoms with E-state index in [9.17, 15) is 9.59 Å². The van der Waals surface area contributed by atoms with Gasteiger partial charge in [0.25, 0.3) is 5.56 Å². The number of rotatable bonds is 8. The van der Waals surface area contributed by atoms with Crippen LogP contribution < -0.4 is 10.5 Å². The molecule has 2 N–H and O–H groups in total. The van der Waals surface area contributed by atoms with Crippen molar-refractivity contribution in [2.24, 2.45) is 5.10 Å². The summed E-state index contributed by atoms with van der Waals surface area (Å²) in [5, 5.41) is 19.2. The lowest BCUT2D eigenvalue weighted by Gasteiger charge is -2.20. The summed E-state index contributed by atoms with van der Waals surface area (Å²) in [7, 11) is 0. The third kappa shape index (κ3) is 4.85. The van der Waals surface area contributed by atoms with Crippen molar-refractivity contribution in [1.82, 2.24) is 14.9 Å². The topological polar surface area (TPSA) is 104 Å². The van der Waals surface area contributed by atoms with E-state index in [1.165, 1.54) is 6.21 Å². The van der Waals surface area contributed by atoms with Gasteiger partial charge in [0.15, 0.2) is 0 Å². The summed E-state index contributed by atoms with van der Waals surface area (Å²) < 4.78 is 1.06. The van der Waals surface area contributed by atoms with Crippen LogP contribution >= 0.6 is 12.2 Å². The molecule has 0 bridgehead atoms. The van der Waals surface area contributed by atoms with E-state index < -0.39 is 11.5 Å². The van der Waals surface area contributed by atoms with Crippen molar-refractivity contribution in [2.75, 3.05) is 18.0 Å². The van der Waals surface area contributed by atoms with Gasteiger partial charge in [0.2, 0.25) is 4.77 Å². The lowest BCUT2D eigenvalue weighted by molar-refractivity contribution is -0.136. The Morgan fingerprint density at radius 1 is 1.35 bits per heavy atom. The highest BCUT2D eigenvalue weighted by atomic mass is 32.1. The lowest BCUT2D eigenvalue weighted by atomic mass is 10.2. The molecule has 0 radical (unpaired) electrons. The molecule has 0 aliphatic carbocycles. The normalized spacial score (nSPS) is 11.0. The number of hydrogen-bond donors (Lipinski definition) is 2. The average Bonchev–Trinajstić information content (AvgIpc) is 2.63. The molecular formula is C17H21N5O3S. The maximum atomic E-state index is 12.3. The van der Waals surface area contributed by atoms with Crippen LogP contribution in [0, 0.1) is 4.77 Å². The number of aliphatic carboxylic acids is 1. The van der Waals surface area contributed by atoms with Gasteiger partial charge < -0.3 is 10.0 Å². The predicted molar refractivity (Wildman–Crippen MR) is 103 cm³/mol. The van der Waals surface area contributed by atoms with Gasteiger partial charge in [-0.1, -0.05) is 12.1 Å². The van der Waals surface area contributed by atoms with Crippen molar-refractivity contribution in [3.05, 3.63) is 50.6 Å². The molecule has 0 aliphatic heterocycles. The van der Waals surface area contributed by atoms with Gasteiger partial charge in [-0.3, -0.25) is 14.7 Å². The first-order valence-corrected chi connectivity index (χ1v) is 8.68.